The minimum Gasteiger partial charge on any atom is -0.494 e. The van der Waals surface area contributed by atoms with E-state index in [2.05, 4.69) is 0 Å². The minimum atomic E-state index is -0.281. The number of halogens is 2. The summed E-state index contributed by atoms with van der Waals surface area (Å²) in [6, 6.07) is 5.95. The lowest BCUT2D eigenvalue weighted by Gasteiger charge is -2.17. The Morgan fingerprint density at radius 2 is 2.00 bits per heavy atom. The van der Waals surface area contributed by atoms with Gasteiger partial charge in [-0.05, 0) is 44.0 Å². The van der Waals surface area contributed by atoms with Gasteiger partial charge in [-0.25, -0.2) is 4.39 Å². The largest absolute Gasteiger partial charge is 0.494 e. The lowest BCUT2D eigenvalue weighted by Crippen LogP contribution is -2.30. The highest BCUT2D eigenvalue weighted by Crippen LogP contribution is 2.11. The van der Waals surface area contributed by atoms with Crippen LogP contribution in [0.4, 0.5) is 4.39 Å². The fourth-order valence-corrected chi connectivity index (χ4v) is 1.69. The van der Waals surface area contributed by atoms with Gasteiger partial charge in [0.1, 0.15) is 11.6 Å². The van der Waals surface area contributed by atoms with E-state index in [1.807, 2.05) is 6.92 Å². The molecule has 0 saturated heterocycles. The second kappa shape index (κ2) is 10.4. The minimum absolute atomic E-state index is 0. The lowest BCUT2D eigenvalue weighted by molar-refractivity contribution is -0.130. The third-order valence-electron chi connectivity index (χ3n) is 2.96. The molecule has 2 N–H and O–H groups in total. The molecule has 0 aliphatic heterocycles. The third-order valence-corrected chi connectivity index (χ3v) is 2.96. The van der Waals surface area contributed by atoms with E-state index < -0.39 is 0 Å². The number of hydrogen-bond donors (Lipinski definition) is 1. The van der Waals surface area contributed by atoms with Crippen LogP contribution in [0, 0.1) is 5.82 Å². The highest BCUT2D eigenvalue weighted by molar-refractivity contribution is 5.85. The smallest absolute Gasteiger partial charge is 0.222 e. The average Bonchev–Trinajstić information content (AvgIpc) is 2.42. The predicted molar refractivity (Wildman–Crippen MR) is 84.3 cm³/mol. The highest BCUT2D eigenvalue weighted by atomic mass is 35.5. The zero-order chi connectivity index (χ0) is 15.0. The van der Waals surface area contributed by atoms with Gasteiger partial charge in [-0.1, -0.05) is 0 Å². The summed E-state index contributed by atoms with van der Waals surface area (Å²) >= 11 is 0. The number of ether oxygens (including phenoxy) is 1. The number of benzene rings is 1. The van der Waals surface area contributed by atoms with Crippen LogP contribution in [0.25, 0.3) is 0 Å². The van der Waals surface area contributed by atoms with E-state index in [0.29, 0.717) is 31.7 Å². The maximum absolute atomic E-state index is 12.7. The van der Waals surface area contributed by atoms with Crippen molar-refractivity contribution in [1.29, 1.82) is 0 Å². The monoisotopic (exact) mass is 318 g/mol. The Morgan fingerprint density at radius 3 is 2.57 bits per heavy atom. The molecule has 120 valence electrons. The molecule has 0 spiro atoms. The molecule has 0 radical (unpaired) electrons. The van der Waals surface area contributed by atoms with Crippen molar-refractivity contribution in [3.8, 4) is 5.75 Å². The molecule has 0 heterocycles. The summed E-state index contributed by atoms with van der Waals surface area (Å²) < 4.78 is 18.2. The summed E-state index contributed by atoms with van der Waals surface area (Å²) in [4.78, 5) is 13.4. The van der Waals surface area contributed by atoms with Crippen LogP contribution in [-0.4, -0.2) is 37.0 Å². The van der Waals surface area contributed by atoms with Crippen LogP contribution in [0.5, 0.6) is 5.75 Å². The molecule has 0 saturated carbocycles. The molecule has 21 heavy (non-hydrogen) atoms. The van der Waals surface area contributed by atoms with Gasteiger partial charge in [-0.2, -0.15) is 0 Å². The van der Waals surface area contributed by atoms with E-state index in [4.69, 9.17) is 10.5 Å². The van der Waals surface area contributed by atoms with Crippen molar-refractivity contribution >= 4 is 18.3 Å². The molecule has 6 heteroatoms. The molecule has 0 aromatic heterocycles. The zero-order valence-corrected chi connectivity index (χ0v) is 13.4. The molecule has 4 nitrogen and oxygen atoms in total. The normalized spacial score (nSPS) is 11.4. The van der Waals surface area contributed by atoms with Crippen molar-refractivity contribution in [3.63, 3.8) is 0 Å². The molecule has 0 aliphatic rings. The number of carbonyl (C=O) groups excluding carboxylic acids is 1. The van der Waals surface area contributed by atoms with E-state index in [9.17, 15) is 9.18 Å². The molecule has 1 rings (SSSR count). The summed E-state index contributed by atoms with van der Waals surface area (Å²) in [6.07, 6.45) is 1.92. The maximum atomic E-state index is 12.7. The molecular weight excluding hydrogens is 295 g/mol. The van der Waals surface area contributed by atoms with E-state index in [1.54, 1.807) is 24.1 Å². The zero-order valence-electron chi connectivity index (χ0n) is 12.5. The summed E-state index contributed by atoms with van der Waals surface area (Å²) in [5.41, 5.74) is 5.62. The Labute approximate surface area is 131 Å². The molecule has 1 aromatic rings. The van der Waals surface area contributed by atoms with Gasteiger partial charge in [-0.15, -0.1) is 12.4 Å². The first-order chi connectivity index (χ1) is 9.49. The van der Waals surface area contributed by atoms with Gasteiger partial charge in [0.15, 0.2) is 0 Å². The second-order valence-electron chi connectivity index (χ2n) is 4.99. The van der Waals surface area contributed by atoms with Crippen molar-refractivity contribution in [2.75, 3.05) is 20.2 Å². The summed E-state index contributed by atoms with van der Waals surface area (Å²) in [7, 11) is 1.78. The van der Waals surface area contributed by atoms with Crippen molar-refractivity contribution in [2.45, 2.75) is 32.2 Å². The first kappa shape index (κ1) is 19.7. The lowest BCUT2D eigenvalue weighted by atomic mass is 10.2. The quantitative estimate of drug-likeness (QED) is 0.750. The molecule has 0 aliphatic carbocycles. The van der Waals surface area contributed by atoms with Gasteiger partial charge in [0.25, 0.3) is 0 Å². The van der Waals surface area contributed by atoms with Crippen LogP contribution >= 0.6 is 12.4 Å². The summed E-state index contributed by atoms with van der Waals surface area (Å²) in [5, 5.41) is 0. The molecular formula is C15H24ClFN2O2. The number of nitrogens with two attached hydrogens (primary N) is 1. The predicted octanol–water partition coefficient (Wildman–Crippen LogP) is 2.60. The highest BCUT2D eigenvalue weighted by Gasteiger charge is 2.09. The van der Waals surface area contributed by atoms with Crippen molar-refractivity contribution in [3.05, 3.63) is 30.1 Å². The van der Waals surface area contributed by atoms with E-state index in [1.165, 1.54) is 12.1 Å². The summed E-state index contributed by atoms with van der Waals surface area (Å²) in [5.74, 6) is 0.457. The van der Waals surface area contributed by atoms with Crippen LogP contribution < -0.4 is 10.5 Å². The molecule has 1 atom stereocenters. The van der Waals surface area contributed by atoms with E-state index in [0.717, 1.165) is 6.42 Å². The number of carbonyl (C=O) groups is 1. The van der Waals surface area contributed by atoms with Gasteiger partial charge in [0.2, 0.25) is 5.91 Å². The summed E-state index contributed by atoms with van der Waals surface area (Å²) in [6.45, 7) is 3.03. The maximum Gasteiger partial charge on any atom is 0.222 e. The third kappa shape index (κ3) is 8.52. The fourth-order valence-electron chi connectivity index (χ4n) is 1.69. The Kier molecular flexibility index (Phi) is 9.75. The van der Waals surface area contributed by atoms with Gasteiger partial charge < -0.3 is 15.4 Å². The number of hydrogen-bond acceptors (Lipinski definition) is 3. The fraction of sp³-hybridized carbons (Fsp3) is 0.533. The number of nitrogens with zero attached hydrogens (tertiary/aromatic N) is 1. The van der Waals surface area contributed by atoms with Gasteiger partial charge >= 0.3 is 0 Å². The van der Waals surface area contributed by atoms with Crippen LogP contribution in [0.1, 0.15) is 26.2 Å². The SMILES string of the molecule is CC(N)CCC(=O)N(C)CCCOc1ccc(F)cc1.Cl. The molecule has 0 fully saturated rings. The van der Waals surface area contributed by atoms with Crippen LogP contribution in [0.15, 0.2) is 24.3 Å². The van der Waals surface area contributed by atoms with Crippen molar-refractivity contribution in [1.82, 2.24) is 4.90 Å². The van der Waals surface area contributed by atoms with Crippen LogP contribution in [-0.2, 0) is 4.79 Å². The number of rotatable bonds is 8. The van der Waals surface area contributed by atoms with Crippen LogP contribution in [0.2, 0.25) is 0 Å². The first-order valence-electron chi connectivity index (χ1n) is 6.87. The van der Waals surface area contributed by atoms with E-state index >= 15 is 0 Å². The van der Waals surface area contributed by atoms with Crippen LogP contribution in [0.3, 0.4) is 0 Å². The Balaban J connectivity index is 0.00000400. The van der Waals surface area contributed by atoms with Gasteiger partial charge in [0, 0.05) is 26.1 Å². The van der Waals surface area contributed by atoms with Gasteiger partial charge in [-0.3, -0.25) is 4.79 Å². The Hall–Kier alpha value is -1.33. The van der Waals surface area contributed by atoms with Crippen molar-refractivity contribution < 1.29 is 13.9 Å². The average molecular weight is 319 g/mol. The van der Waals surface area contributed by atoms with E-state index in [-0.39, 0.29) is 30.2 Å². The Bertz CT molecular complexity index is 413. The topological polar surface area (TPSA) is 55.6 Å². The molecule has 1 unspecified atom stereocenters. The first-order valence-corrected chi connectivity index (χ1v) is 6.87. The molecule has 0 bridgehead atoms. The molecule has 1 aromatic carbocycles. The Morgan fingerprint density at radius 1 is 1.38 bits per heavy atom. The number of amides is 1. The molecule has 1 amide bonds. The standard InChI is InChI=1S/C15H23FN2O2.ClH/c1-12(17)4-9-15(19)18(2)10-3-11-20-14-7-5-13(16)6-8-14;/h5-8,12H,3-4,9-11,17H2,1-2H3;1H. The van der Waals surface area contributed by atoms with Crippen molar-refractivity contribution in [2.24, 2.45) is 5.73 Å². The second-order valence-corrected chi connectivity index (χ2v) is 4.99. The van der Waals surface area contributed by atoms with Gasteiger partial charge in [0.05, 0.1) is 6.61 Å².